The Balaban J connectivity index is 1.96. The van der Waals surface area contributed by atoms with Crippen LogP contribution in [0.4, 0.5) is 0 Å². The predicted molar refractivity (Wildman–Crippen MR) is 104 cm³/mol. The summed E-state index contributed by atoms with van der Waals surface area (Å²) in [5.41, 5.74) is -1.54. The quantitative estimate of drug-likeness (QED) is 0.609. The van der Waals surface area contributed by atoms with Crippen molar-refractivity contribution in [2.75, 3.05) is 20.3 Å². The number of ether oxygens (including phenoxy) is 2. The summed E-state index contributed by atoms with van der Waals surface area (Å²) >= 11 is 0. The lowest BCUT2D eigenvalue weighted by Gasteiger charge is -2.40. The van der Waals surface area contributed by atoms with Crippen molar-refractivity contribution in [1.82, 2.24) is 4.90 Å². The van der Waals surface area contributed by atoms with E-state index in [0.29, 0.717) is 26.0 Å². The van der Waals surface area contributed by atoms with Crippen LogP contribution in [0.15, 0.2) is 30.3 Å². The highest BCUT2D eigenvalue weighted by Gasteiger charge is 2.72. The molecule has 0 radical (unpaired) electrons. The molecule has 0 spiro atoms. The second-order valence-corrected chi connectivity index (χ2v) is 8.96. The summed E-state index contributed by atoms with van der Waals surface area (Å²) in [6.45, 7) is 6.59. The van der Waals surface area contributed by atoms with Crippen LogP contribution in [0, 0.1) is 0 Å². The summed E-state index contributed by atoms with van der Waals surface area (Å²) in [4.78, 5) is 15.4. The Kier molecular flexibility index (Phi) is 5.67. The zero-order chi connectivity index (χ0) is 19.7. The third-order valence-electron chi connectivity index (χ3n) is 5.86. The average Bonchev–Trinajstić information content (AvgIpc) is 3.37. The molecule has 0 aromatic heterocycles. The van der Waals surface area contributed by atoms with Crippen LogP contribution in [0.1, 0.15) is 64.5 Å². The van der Waals surface area contributed by atoms with Crippen molar-refractivity contribution < 1.29 is 19.4 Å². The predicted octanol–water partition coefficient (Wildman–Crippen LogP) is 3.47. The highest BCUT2D eigenvalue weighted by atomic mass is 16.6. The molecular formula is C22H33NO4. The number of methoxy groups -OCH3 is 1. The topological polar surface area (TPSA) is 58.8 Å². The normalized spacial score (nSPS) is 28.4. The first kappa shape index (κ1) is 20.3. The number of aliphatic hydroxyl groups is 1. The molecule has 3 atom stereocenters. The molecule has 1 aliphatic heterocycles. The van der Waals surface area contributed by atoms with E-state index in [2.05, 4.69) is 4.90 Å². The van der Waals surface area contributed by atoms with Gasteiger partial charge in [0, 0.05) is 13.7 Å². The van der Waals surface area contributed by atoms with Crippen LogP contribution in [-0.2, 0) is 14.3 Å². The lowest BCUT2D eigenvalue weighted by Crippen LogP contribution is -2.56. The Bertz CT molecular complexity index is 648. The molecule has 1 saturated heterocycles. The monoisotopic (exact) mass is 375 g/mol. The van der Waals surface area contributed by atoms with Gasteiger partial charge in [-0.05, 0) is 39.2 Å². The van der Waals surface area contributed by atoms with E-state index in [0.717, 1.165) is 24.8 Å². The summed E-state index contributed by atoms with van der Waals surface area (Å²) in [7, 11) is 1.67. The Morgan fingerprint density at radius 2 is 1.81 bits per heavy atom. The van der Waals surface area contributed by atoms with Crippen molar-refractivity contribution in [3.05, 3.63) is 35.9 Å². The number of carbonyl (C=O) groups excluding carboxylic acids is 1. The van der Waals surface area contributed by atoms with E-state index < -0.39 is 16.7 Å². The molecule has 1 heterocycles. The Morgan fingerprint density at radius 1 is 1.19 bits per heavy atom. The summed E-state index contributed by atoms with van der Waals surface area (Å²) in [5, 5.41) is 11.6. The van der Waals surface area contributed by atoms with E-state index in [1.165, 1.54) is 0 Å². The van der Waals surface area contributed by atoms with Gasteiger partial charge in [0.25, 0.3) is 0 Å². The van der Waals surface area contributed by atoms with Gasteiger partial charge >= 0.3 is 5.97 Å². The number of benzene rings is 1. The smallest absolute Gasteiger partial charge is 0.331 e. The molecule has 0 amide bonds. The van der Waals surface area contributed by atoms with Crippen molar-refractivity contribution in [3.8, 4) is 0 Å². The fourth-order valence-corrected chi connectivity index (χ4v) is 4.49. The number of hydrogen-bond donors (Lipinski definition) is 1. The Morgan fingerprint density at radius 3 is 2.37 bits per heavy atom. The molecule has 5 nitrogen and oxygen atoms in total. The fourth-order valence-electron chi connectivity index (χ4n) is 4.49. The van der Waals surface area contributed by atoms with E-state index in [1.54, 1.807) is 7.11 Å². The average molecular weight is 376 g/mol. The van der Waals surface area contributed by atoms with Gasteiger partial charge in [0.2, 0.25) is 0 Å². The van der Waals surface area contributed by atoms with E-state index in [4.69, 9.17) is 9.47 Å². The Labute approximate surface area is 162 Å². The molecule has 1 aromatic carbocycles. The lowest BCUT2D eigenvalue weighted by molar-refractivity contribution is -0.172. The van der Waals surface area contributed by atoms with E-state index in [1.807, 2.05) is 51.1 Å². The summed E-state index contributed by atoms with van der Waals surface area (Å²) in [6.07, 6.45) is 4.26. The van der Waals surface area contributed by atoms with E-state index in [9.17, 15) is 9.90 Å². The molecule has 1 aliphatic carbocycles. The SMILES string of the molecule is COC[C@@H](c1ccccc1)N1C[C@@]1(C(=O)OC(C)(C)C)C1(O)CCCCC1. The molecular weight excluding hydrogens is 342 g/mol. The molecule has 27 heavy (non-hydrogen) atoms. The number of rotatable bonds is 6. The van der Waals surface area contributed by atoms with Crippen LogP contribution in [0.3, 0.4) is 0 Å². The highest BCUT2D eigenvalue weighted by molar-refractivity contribution is 5.87. The van der Waals surface area contributed by atoms with Gasteiger partial charge in [0.15, 0.2) is 5.54 Å². The first-order chi connectivity index (χ1) is 12.7. The summed E-state index contributed by atoms with van der Waals surface area (Å²) < 4.78 is 11.3. The van der Waals surface area contributed by atoms with Crippen molar-refractivity contribution in [2.24, 2.45) is 0 Å². The third-order valence-corrected chi connectivity index (χ3v) is 5.86. The minimum atomic E-state index is -1.05. The van der Waals surface area contributed by atoms with Gasteiger partial charge in [-0.15, -0.1) is 0 Å². The van der Waals surface area contributed by atoms with Crippen LogP contribution < -0.4 is 0 Å². The van der Waals surface area contributed by atoms with Crippen molar-refractivity contribution >= 4 is 5.97 Å². The van der Waals surface area contributed by atoms with Gasteiger partial charge in [-0.1, -0.05) is 49.6 Å². The number of carbonyl (C=O) groups is 1. The van der Waals surface area contributed by atoms with E-state index >= 15 is 0 Å². The zero-order valence-electron chi connectivity index (χ0n) is 17.0. The molecule has 5 heteroatoms. The van der Waals surface area contributed by atoms with Gasteiger partial charge in [-0.3, -0.25) is 4.90 Å². The van der Waals surface area contributed by atoms with Crippen LogP contribution in [0.25, 0.3) is 0 Å². The van der Waals surface area contributed by atoms with Crippen LogP contribution >= 0.6 is 0 Å². The van der Waals surface area contributed by atoms with Crippen molar-refractivity contribution in [3.63, 3.8) is 0 Å². The molecule has 3 rings (SSSR count). The minimum absolute atomic E-state index is 0.0883. The van der Waals surface area contributed by atoms with Gasteiger partial charge in [0.05, 0.1) is 18.2 Å². The third kappa shape index (κ3) is 3.91. The molecule has 2 aliphatic rings. The summed E-state index contributed by atoms with van der Waals surface area (Å²) in [6, 6.07) is 9.97. The molecule has 1 unspecified atom stereocenters. The maximum absolute atomic E-state index is 13.3. The van der Waals surface area contributed by atoms with Gasteiger partial charge in [0.1, 0.15) is 5.60 Å². The van der Waals surface area contributed by atoms with E-state index in [-0.39, 0.29) is 12.0 Å². The van der Waals surface area contributed by atoms with Gasteiger partial charge < -0.3 is 14.6 Å². The van der Waals surface area contributed by atoms with Crippen LogP contribution in [0.5, 0.6) is 0 Å². The highest BCUT2D eigenvalue weighted by Crippen LogP contribution is 2.54. The number of nitrogens with zero attached hydrogens (tertiary/aromatic N) is 1. The molecule has 1 N–H and O–H groups in total. The number of hydrogen-bond acceptors (Lipinski definition) is 5. The molecule has 150 valence electrons. The first-order valence-corrected chi connectivity index (χ1v) is 10.00. The van der Waals surface area contributed by atoms with Crippen LogP contribution in [0.2, 0.25) is 0 Å². The maximum Gasteiger partial charge on any atom is 0.331 e. The van der Waals surface area contributed by atoms with Crippen molar-refractivity contribution in [2.45, 2.75) is 75.7 Å². The fraction of sp³-hybridized carbons (Fsp3) is 0.682. The molecule has 1 aromatic rings. The molecule has 2 fully saturated rings. The lowest BCUT2D eigenvalue weighted by atomic mass is 9.74. The minimum Gasteiger partial charge on any atom is -0.458 e. The van der Waals surface area contributed by atoms with Crippen LogP contribution in [-0.4, -0.2) is 53.0 Å². The summed E-state index contributed by atoms with van der Waals surface area (Å²) in [5.74, 6) is -0.309. The van der Waals surface area contributed by atoms with Gasteiger partial charge in [-0.25, -0.2) is 4.79 Å². The largest absolute Gasteiger partial charge is 0.458 e. The van der Waals surface area contributed by atoms with Crippen molar-refractivity contribution in [1.29, 1.82) is 0 Å². The molecule has 1 saturated carbocycles. The zero-order valence-corrected chi connectivity index (χ0v) is 17.0. The number of esters is 1. The maximum atomic E-state index is 13.3. The standard InChI is InChI=1S/C22H33NO4/c1-20(2,3)27-19(24)22(21(25)13-9-6-10-14-21)16-23(22)18(15-26-4)17-11-7-5-8-12-17/h5,7-8,11-12,18,25H,6,9-10,13-16H2,1-4H3/t18-,22+,23?/m0/s1. The Hall–Kier alpha value is -1.43. The van der Waals surface area contributed by atoms with Gasteiger partial charge in [-0.2, -0.15) is 0 Å². The first-order valence-electron chi connectivity index (χ1n) is 10.00. The molecule has 0 bridgehead atoms. The second kappa shape index (κ2) is 7.53. The second-order valence-electron chi connectivity index (χ2n) is 8.96.